The highest BCUT2D eigenvalue weighted by atomic mass is 16.5. The highest BCUT2D eigenvalue weighted by Crippen LogP contribution is 2.73. The number of aromatic nitrogens is 3. The molecule has 2 bridgehead atoms. The van der Waals surface area contributed by atoms with Gasteiger partial charge < -0.3 is 20.2 Å². The van der Waals surface area contributed by atoms with Crippen molar-refractivity contribution in [3.63, 3.8) is 0 Å². The first-order valence-corrected chi connectivity index (χ1v) is 10.1. The van der Waals surface area contributed by atoms with Crippen molar-refractivity contribution in [1.82, 2.24) is 14.4 Å². The Morgan fingerprint density at radius 1 is 1.00 bits per heavy atom. The molecule has 0 unspecified atom stereocenters. The number of anilines is 2. The zero-order valence-electron chi connectivity index (χ0n) is 16.1. The fourth-order valence-electron chi connectivity index (χ4n) is 5.46. The van der Waals surface area contributed by atoms with Crippen LogP contribution in [-0.4, -0.2) is 27.5 Å². The Kier molecular flexibility index (Phi) is 3.37. The minimum Gasteiger partial charge on any atom is -0.491 e. The van der Waals surface area contributed by atoms with E-state index in [1.165, 1.54) is 19.3 Å². The van der Waals surface area contributed by atoms with Gasteiger partial charge in [0.2, 0.25) is 0 Å². The van der Waals surface area contributed by atoms with Gasteiger partial charge in [0.1, 0.15) is 17.2 Å². The van der Waals surface area contributed by atoms with Crippen molar-refractivity contribution in [2.75, 3.05) is 24.2 Å². The number of hydrogen-bond donors (Lipinski definition) is 2. The lowest BCUT2D eigenvalue weighted by Crippen LogP contribution is -2.66. The van der Waals surface area contributed by atoms with Gasteiger partial charge in [-0.15, -0.1) is 0 Å². The van der Waals surface area contributed by atoms with Crippen LogP contribution in [0.15, 0.2) is 61.2 Å². The monoisotopic (exact) mass is 385 g/mol. The van der Waals surface area contributed by atoms with Crippen molar-refractivity contribution >= 4 is 27.9 Å². The molecule has 6 nitrogen and oxygen atoms in total. The Morgan fingerprint density at radius 3 is 2.79 bits per heavy atom. The molecule has 3 saturated carbocycles. The van der Waals surface area contributed by atoms with Crippen molar-refractivity contribution in [2.24, 2.45) is 10.8 Å². The molecule has 3 N–H and O–H groups in total. The van der Waals surface area contributed by atoms with Crippen molar-refractivity contribution in [3.8, 4) is 5.75 Å². The first-order chi connectivity index (χ1) is 14.1. The van der Waals surface area contributed by atoms with Crippen LogP contribution >= 0.6 is 0 Å². The Labute approximate surface area is 168 Å². The van der Waals surface area contributed by atoms with Crippen LogP contribution in [-0.2, 0) is 0 Å². The predicted octanol–water partition coefficient (Wildman–Crippen LogP) is 4.13. The molecule has 3 aliphatic rings. The van der Waals surface area contributed by atoms with Gasteiger partial charge in [-0.2, -0.15) is 0 Å². The number of fused-ring (bicyclic) bond motifs is 2. The summed E-state index contributed by atoms with van der Waals surface area (Å²) in [5, 5.41) is 5.82. The van der Waals surface area contributed by atoms with Crippen LogP contribution < -0.4 is 15.8 Å². The normalized spacial score (nSPS) is 24.8. The third-order valence-corrected chi connectivity index (χ3v) is 6.65. The van der Waals surface area contributed by atoms with Gasteiger partial charge in [0.25, 0.3) is 0 Å². The molecular formula is C23H23N5O. The number of ether oxygens (including phenoxy) is 1. The first kappa shape index (κ1) is 16.7. The molecule has 0 spiro atoms. The molecule has 3 aromatic heterocycles. The van der Waals surface area contributed by atoms with Gasteiger partial charge in [-0.1, -0.05) is 12.1 Å². The number of nitrogens with two attached hydrogens (primary N) is 1. The molecule has 1 aromatic carbocycles. The maximum Gasteiger partial charge on any atom is 0.136 e. The third-order valence-electron chi connectivity index (χ3n) is 6.65. The Hall–Kier alpha value is -3.28. The number of imidazole rings is 1. The van der Waals surface area contributed by atoms with Crippen LogP contribution in [0.25, 0.3) is 16.4 Å². The maximum atomic E-state index is 6.12. The van der Waals surface area contributed by atoms with E-state index in [0.717, 1.165) is 41.0 Å². The van der Waals surface area contributed by atoms with E-state index < -0.39 is 0 Å². The second-order valence-corrected chi connectivity index (χ2v) is 8.83. The zero-order chi connectivity index (χ0) is 19.5. The van der Waals surface area contributed by atoms with Gasteiger partial charge in [-0.05, 0) is 48.9 Å². The fraction of sp³-hybridized carbons (Fsp3) is 0.304. The Bertz CT molecular complexity index is 1210. The van der Waals surface area contributed by atoms with Gasteiger partial charge >= 0.3 is 0 Å². The number of pyridine rings is 2. The lowest BCUT2D eigenvalue weighted by atomic mass is 9.35. The van der Waals surface area contributed by atoms with Crippen LogP contribution in [0.4, 0.5) is 11.5 Å². The number of nitrogen functional groups attached to an aromatic ring is 1. The molecule has 3 fully saturated rings. The number of hydrogen-bond acceptors (Lipinski definition) is 5. The van der Waals surface area contributed by atoms with E-state index in [9.17, 15) is 0 Å². The minimum atomic E-state index is 0.360. The molecule has 0 aliphatic heterocycles. The SMILES string of the molecule is Nc1nccc2c(NCC34CC(COc5ccc6nccn6c5)(C3)C4)cccc12. The topological polar surface area (TPSA) is 77.5 Å². The van der Waals surface area contributed by atoms with Crippen LogP contribution in [0.3, 0.4) is 0 Å². The van der Waals surface area contributed by atoms with E-state index in [1.807, 2.05) is 47.1 Å². The molecule has 3 aliphatic carbocycles. The molecule has 6 heteroatoms. The van der Waals surface area contributed by atoms with Crippen LogP contribution in [0.2, 0.25) is 0 Å². The molecular weight excluding hydrogens is 362 g/mol. The lowest BCUT2D eigenvalue weighted by molar-refractivity contribution is -0.209. The largest absolute Gasteiger partial charge is 0.491 e. The van der Waals surface area contributed by atoms with E-state index in [1.54, 1.807) is 12.4 Å². The molecule has 0 amide bonds. The smallest absolute Gasteiger partial charge is 0.136 e. The third kappa shape index (κ3) is 2.63. The van der Waals surface area contributed by atoms with Crippen molar-refractivity contribution in [1.29, 1.82) is 0 Å². The summed E-state index contributed by atoms with van der Waals surface area (Å²) in [4.78, 5) is 8.46. The van der Waals surface area contributed by atoms with E-state index >= 15 is 0 Å². The number of benzene rings is 1. The molecule has 0 atom stereocenters. The van der Waals surface area contributed by atoms with E-state index in [0.29, 0.717) is 16.6 Å². The Balaban J connectivity index is 1.07. The van der Waals surface area contributed by atoms with Crippen LogP contribution in [0, 0.1) is 10.8 Å². The summed E-state index contributed by atoms with van der Waals surface area (Å²) in [5.41, 5.74) is 8.88. The average Bonchev–Trinajstić information content (AvgIpc) is 3.14. The van der Waals surface area contributed by atoms with Gasteiger partial charge in [0.05, 0.1) is 12.8 Å². The summed E-state index contributed by atoms with van der Waals surface area (Å²) in [6, 6.07) is 12.2. The molecule has 146 valence electrons. The number of nitrogens with zero attached hydrogens (tertiary/aromatic N) is 3. The van der Waals surface area contributed by atoms with E-state index in [2.05, 4.69) is 21.4 Å². The Morgan fingerprint density at radius 2 is 1.90 bits per heavy atom. The van der Waals surface area contributed by atoms with E-state index in [4.69, 9.17) is 10.5 Å². The highest BCUT2D eigenvalue weighted by Gasteiger charge is 2.67. The molecule has 0 radical (unpaired) electrons. The maximum absolute atomic E-state index is 6.12. The van der Waals surface area contributed by atoms with Crippen molar-refractivity contribution in [3.05, 3.63) is 61.2 Å². The first-order valence-electron chi connectivity index (χ1n) is 10.1. The molecule has 4 aromatic rings. The molecule has 29 heavy (non-hydrogen) atoms. The van der Waals surface area contributed by atoms with Crippen molar-refractivity contribution < 1.29 is 4.74 Å². The summed E-state index contributed by atoms with van der Waals surface area (Å²) < 4.78 is 8.11. The predicted molar refractivity (Wildman–Crippen MR) is 114 cm³/mol. The van der Waals surface area contributed by atoms with Gasteiger partial charge in [0.15, 0.2) is 0 Å². The standard InChI is InChI=1S/C23H23N5O/c24-21-18-2-1-3-19(17(18)6-7-26-21)27-14-22-11-23(12-22,13-22)15-29-16-4-5-20-25-8-9-28(20)10-16/h1-10,27H,11-15H2,(H2,24,26). The second kappa shape index (κ2) is 5.86. The quantitative estimate of drug-likeness (QED) is 0.522. The average molecular weight is 385 g/mol. The summed E-state index contributed by atoms with van der Waals surface area (Å²) in [5.74, 6) is 1.50. The van der Waals surface area contributed by atoms with Crippen LogP contribution in [0.1, 0.15) is 19.3 Å². The summed E-state index contributed by atoms with van der Waals surface area (Å²) in [6.45, 7) is 1.79. The summed E-state index contributed by atoms with van der Waals surface area (Å²) in [7, 11) is 0. The lowest BCUT2D eigenvalue weighted by Gasteiger charge is -2.70. The summed E-state index contributed by atoms with van der Waals surface area (Å²) >= 11 is 0. The van der Waals surface area contributed by atoms with Gasteiger partial charge in [-0.25, -0.2) is 9.97 Å². The van der Waals surface area contributed by atoms with Crippen LogP contribution in [0.5, 0.6) is 5.75 Å². The second-order valence-electron chi connectivity index (χ2n) is 8.83. The summed E-state index contributed by atoms with van der Waals surface area (Å²) in [6.07, 6.45) is 11.2. The van der Waals surface area contributed by atoms with Gasteiger partial charge in [-0.3, -0.25) is 0 Å². The van der Waals surface area contributed by atoms with E-state index in [-0.39, 0.29) is 0 Å². The van der Waals surface area contributed by atoms with Gasteiger partial charge in [0, 0.05) is 47.0 Å². The number of nitrogens with one attached hydrogen (secondary N) is 1. The number of rotatable bonds is 6. The molecule has 3 heterocycles. The fourth-order valence-corrected chi connectivity index (χ4v) is 5.46. The molecule has 7 rings (SSSR count). The zero-order valence-corrected chi connectivity index (χ0v) is 16.1. The highest BCUT2D eigenvalue weighted by molar-refractivity contribution is 5.99. The minimum absolute atomic E-state index is 0.360. The van der Waals surface area contributed by atoms with Crippen molar-refractivity contribution in [2.45, 2.75) is 19.3 Å². The molecule has 0 saturated heterocycles.